The molecule has 1 aliphatic heterocycles. The van der Waals surface area contributed by atoms with E-state index in [4.69, 9.17) is 0 Å². The van der Waals surface area contributed by atoms with E-state index in [1.54, 1.807) is 0 Å². The number of piperidine rings is 1. The molecule has 0 aromatic carbocycles. The standard InChI is InChI=1S/C16H30N2O/c1-4-16(2,3)12-7-9-13(10-8-12)18-14-6-5-11-17-15(14)19/h12-14,18H,4-11H2,1-3H3,(H,17,19). The minimum Gasteiger partial charge on any atom is -0.355 e. The molecule has 0 aromatic rings. The molecule has 0 bridgehead atoms. The van der Waals surface area contributed by atoms with Gasteiger partial charge in [-0.2, -0.15) is 0 Å². The second-order valence-corrected chi connectivity index (χ2v) is 7.04. The SMILES string of the molecule is CCC(C)(C)C1CCC(NC2CCCNC2=O)CC1. The lowest BCUT2D eigenvalue weighted by Crippen LogP contribution is -2.52. The fourth-order valence-corrected chi connectivity index (χ4v) is 3.55. The first-order chi connectivity index (χ1) is 9.03. The monoisotopic (exact) mass is 266 g/mol. The molecule has 1 aliphatic carbocycles. The fourth-order valence-electron chi connectivity index (χ4n) is 3.55. The third-order valence-electron chi connectivity index (χ3n) is 5.47. The first kappa shape index (κ1) is 14.8. The van der Waals surface area contributed by atoms with E-state index in [1.165, 1.54) is 32.1 Å². The van der Waals surface area contributed by atoms with Crippen LogP contribution in [0.1, 0.15) is 65.7 Å². The summed E-state index contributed by atoms with van der Waals surface area (Å²) < 4.78 is 0. The van der Waals surface area contributed by atoms with Gasteiger partial charge in [0.25, 0.3) is 0 Å². The maximum atomic E-state index is 11.8. The molecule has 1 amide bonds. The van der Waals surface area contributed by atoms with Crippen molar-refractivity contribution in [2.24, 2.45) is 11.3 Å². The number of rotatable bonds is 4. The predicted molar refractivity (Wildman–Crippen MR) is 79.0 cm³/mol. The lowest BCUT2D eigenvalue weighted by molar-refractivity contribution is -0.124. The van der Waals surface area contributed by atoms with E-state index < -0.39 is 0 Å². The second-order valence-electron chi connectivity index (χ2n) is 7.04. The molecule has 1 heterocycles. The number of carbonyl (C=O) groups excluding carboxylic acids is 1. The summed E-state index contributed by atoms with van der Waals surface area (Å²) in [6, 6.07) is 0.618. The van der Waals surface area contributed by atoms with E-state index >= 15 is 0 Å². The quantitative estimate of drug-likeness (QED) is 0.821. The Morgan fingerprint density at radius 3 is 2.47 bits per heavy atom. The Labute approximate surface area is 117 Å². The molecule has 1 saturated carbocycles. The molecule has 0 radical (unpaired) electrons. The van der Waals surface area contributed by atoms with Gasteiger partial charge in [0, 0.05) is 12.6 Å². The molecule has 1 atom stereocenters. The van der Waals surface area contributed by atoms with Crippen molar-refractivity contribution in [2.75, 3.05) is 6.54 Å². The molecule has 2 fully saturated rings. The Bertz CT molecular complexity index is 306. The molecule has 1 saturated heterocycles. The first-order valence-corrected chi connectivity index (χ1v) is 8.06. The second kappa shape index (κ2) is 6.25. The zero-order chi connectivity index (χ0) is 13.9. The summed E-state index contributed by atoms with van der Waals surface area (Å²) >= 11 is 0. The van der Waals surface area contributed by atoms with Crippen LogP contribution in [-0.4, -0.2) is 24.5 Å². The van der Waals surface area contributed by atoms with E-state index in [0.717, 1.165) is 25.3 Å². The molecule has 2 aliphatic rings. The van der Waals surface area contributed by atoms with Crippen molar-refractivity contribution >= 4 is 5.91 Å². The van der Waals surface area contributed by atoms with Gasteiger partial charge in [-0.3, -0.25) is 4.79 Å². The average molecular weight is 266 g/mol. The van der Waals surface area contributed by atoms with Crippen molar-refractivity contribution in [1.82, 2.24) is 10.6 Å². The molecule has 3 heteroatoms. The molecule has 0 spiro atoms. The van der Waals surface area contributed by atoms with Crippen molar-refractivity contribution in [1.29, 1.82) is 0 Å². The Hall–Kier alpha value is -0.570. The maximum absolute atomic E-state index is 11.8. The lowest BCUT2D eigenvalue weighted by atomic mass is 9.69. The van der Waals surface area contributed by atoms with Gasteiger partial charge in [0.05, 0.1) is 6.04 Å². The summed E-state index contributed by atoms with van der Waals surface area (Å²) in [6.45, 7) is 7.96. The van der Waals surface area contributed by atoms with Crippen LogP contribution in [0.3, 0.4) is 0 Å². The van der Waals surface area contributed by atoms with Gasteiger partial charge in [0.1, 0.15) is 0 Å². The van der Waals surface area contributed by atoms with Crippen LogP contribution in [0.15, 0.2) is 0 Å². The smallest absolute Gasteiger partial charge is 0.237 e. The predicted octanol–water partition coefficient (Wildman–Crippen LogP) is 2.85. The first-order valence-electron chi connectivity index (χ1n) is 8.06. The summed E-state index contributed by atoms with van der Waals surface area (Å²) in [6.07, 6.45) is 8.48. The molecule has 110 valence electrons. The minimum absolute atomic E-state index is 0.0643. The highest BCUT2D eigenvalue weighted by Crippen LogP contribution is 2.40. The van der Waals surface area contributed by atoms with Gasteiger partial charge in [0.15, 0.2) is 0 Å². The van der Waals surface area contributed by atoms with Gasteiger partial charge in [-0.1, -0.05) is 27.2 Å². The Balaban J connectivity index is 1.78. The summed E-state index contributed by atoms with van der Waals surface area (Å²) in [5.74, 6) is 1.07. The van der Waals surface area contributed by atoms with E-state index in [2.05, 4.69) is 31.4 Å². The summed E-state index contributed by atoms with van der Waals surface area (Å²) in [5, 5.41) is 6.55. The average Bonchev–Trinajstić information content (AvgIpc) is 2.42. The Morgan fingerprint density at radius 1 is 1.21 bits per heavy atom. The molecular weight excluding hydrogens is 236 g/mol. The van der Waals surface area contributed by atoms with Crippen LogP contribution in [0, 0.1) is 11.3 Å². The third-order valence-corrected chi connectivity index (χ3v) is 5.47. The van der Waals surface area contributed by atoms with Crippen LogP contribution in [0.25, 0.3) is 0 Å². The molecule has 19 heavy (non-hydrogen) atoms. The zero-order valence-electron chi connectivity index (χ0n) is 12.8. The Kier molecular flexibility index (Phi) is 4.88. The Morgan fingerprint density at radius 2 is 1.89 bits per heavy atom. The number of nitrogens with one attached hydrogen (secondary N) is 2. The zero-order valence-corrected chi connectivity index (χ0v) is 12.8. The van der Waals surface area contributed by atoms with E-state index in [1.807, 2.05) is 0 Å². The van der Waals surface area contributed by atoms with E-state index in [9.17, 15) is 4.79 Å². The largest absolute Gasteiger partial charge is 0.355 e. The van der Waals surface area contributed by atoms with Gasteiger partial charge in [-0.25, -0.2) is 0 Å². The van der Waals surface area contributed by atoms with Crippen LogP contribution in [-0.2, 0) is 4.79 Å². The molecule has 3 nitrogen and oxygen atoms in total. The number of carbonyl (C=O) groups is 1. The summed E-state index contributed by atoms with van der Waals surface area (Å²) in [4.78, 5) is 11.8. The molecule has 2 N–H and O–H groups in total. The van der Waals surface area contributed by atoms with Crippen LogP contribution in [0.2, 0.25) is 0 Å². The van der Waals surface area contributed by atoms with Gasteiger partial charge < -0.3 is 10.6 Å². The van der Waals surface area contributed by atoms with Gasteiger partial charge in [0.2, 0.25) is 5.91 Å². The number of hydrogen-bond donors (Lipinski definition) is 2. The maximum Gasteiger partial charge on any atom is 0.237 e. The highest BCUT2D eigenvalue weighted by molar-refractivity contribution is 5.82. The van der Waals surface area contributed by atoms with E-state index in [-0.39, 0.29) is 11.9 Å². The fraction of sp³-hybridized carbons (Fsp3) is 0.938. The number of hydrogen-bond acceptors (Lipinski definition) is 2. The van der Waals surface area contributed by atoms with Crippen LogP contribution in [0.4, 0.5) is 0 Å². The van der Waals surface area contributed by atoms with Gasteiger partial charge in [-0.15, -0.1) is 0 Å². The van der Waals surface area contributed by atoms with Gasteiger partial charge >= 0.3 is 0 Å². The van der Waals surface area contributed by atoms with Crippen LogP contribution in [0.5, 0.6) is 0 Å². The highest BCUT2D eigenvalue weighted by atomic mass is 16.2. The topological polar surface area (TPSA) is 41.1 Å². The minimum atomic E-state index is 0.0643. The molecular formula is C16H30N2O. The summed E-state index contributed by atoms with van der Waals surface area (Å²) in [5.41, 5.74) is 0.479. The van der Waals surface area contributed by atoms with Crippen molar-refractivity contribution in [3.05, 3.63) is 0 Å². The van der Waals surface area contributed by atoms with Crippen molar-refractivity contribution in [3.8, 4) is 0 Å². The van der Waals surface area contributed by atoms with Crippen molar-refractivity contribution in [3.63, 3.8) is 0 Å². The van der Waals surface area contributed by atoms with E-state index in [0.29, 0.717) is 11.5 Å². The van der Waals surface area contributed by atoms with Crippen molar-refractivity contribution < 1.29 is 4.79 Å². The van der Waals surface area contributed by atoms with Gasteiger partial charge in [-0.05, 0) is 49.9 Å². The lowest BCUT2D eigenvalue weighted by Gasteiger charge is -2.40. The molecule has 0 aromatic heterocycles. The van der Waals surface area contributed by atoms with Crippen LogP contribution < -0.4 is 10.6 Å². The van der Waals surface area contributed by atoms with Crippen molar-refractivity contribution in [2.45, 2.75) is 77.8 Å². The van der Waals surface area contributed by atoms with Crippen LogP contribution >= 0.6 is 0 Å². The third kappa shape index (κ3) is 3.71. The molecule has 1 unspecified atom stereocenters. The molecule has 2 rings (SSSR count). The summed E-state index contributed by atoms with van der Waals surface area (Å²) in [7, 11) is 0. The highest BCUT2D eigenvalue weighted by Gasteiger charge is 2.33. The normalized spacial score (nSPS) is 33.0. The number of amides is 1.